The van der Waals surface area contributed by atoms with Gasteiger partial charge in [-0.25, -0.2) is 0 Å². The molecule has 8 heteroatoms. The average molecular weight is 695 g/mol. The Morgan fingerprint density at radius 1 is 0.635 bits per heavy atom. The highest BCUT2D eigenvalue weighted by atomic mass is 16.6. The maximum Gasteiger partial charge on any atom is 0.274 e. The van der Waals surface area contributed by atoms with Crippen molar-refractivity contribution >= 4 is 23.5 Å². The summed E-state index contributed by atoms with van der Waals surface area (Å²) in [5.41, 5.74) is 2.05. The molecule has 1 aliphatic rings. The Hall–Kier alpha value is -5.80. The molecule has 0 radical (unpaired) electrons. The number of hydrogen-bond acceptors (Lipinski definition) is 6. The van der Waals surface area contributed by atoms with Crippen LogP contribution in [0.3, 0.4) is 0 Å². The van der Waals surface area contributed by atoms with E-state index in [4.69, 9.17) is 9.47 Å². The number of fused-ring (bicyclic) bond motifs is 2. The van der Waals surface area contributed by atoms with Gasteiger partial charge in [0.05, 0.1) is 34.2 Å². The minimum atomic E-state index is -1.42. The van der Waals surface area contributed by atoms with E-state index in [0.29, 0.717) is 46.2 Å². The Balaban J connectivity index is 1.85. The van der Waals surface area contributed by atoms with Gasteiger partial charge in [0.15, 0.2) is 11.2 Å². The summed E-state index contributed by atoms with van der Waals surface area (Å²) in [4.78, 5) is 23.3. The fourth-order valence-electron chi connectivity index (χ4n) is 6.42. The molecule has 2 unspecified atom stereocenters. The van der Waals surface area contributed by atoms with Crippen LogP contribution in [0.15, 0.2) is 98.1 Å². The van der Waals surface area contributed by atoms with Crippen LogP contribution in [0.2, 0.25) is 0 Å². The van der Waals surface area contributed by atoms with Crippen LogP contribution < -0.4 is 0 Å². The van der Waals surface area contributed by atoms with Crippen LogP contribution in [0.25, 0.3) is 12.2 Å². The van der Waals surface area contributed by atoms with Crippen LogP contribution in [0.1, 0.15) is 96.9 Å². The molecule has 0 spiro atoms. The summed E-state index contributed by atoms with van der Waals surface area (Å²) in [6, 6.07) is 24.6. The van der Waals surface area contributed by atoms with E-state index in [2.05, 4.69) is 50.7 Å². The van der Waals surface area contributed by atoms with Crippen LogP contribution in [0.4, 0.5) is 11.4 Å². The monoisotopic (exact) mass is 694 g/mol. The molecule has 0 saturated carbocycles. The van der Waals surface area contributed by atoms with Crippen molar-refractivity contribution in [1.29, 1.82) is 0 Å². The first kappa shape index (κ1) is 37.5. The average Bonchev–Trinajstić information content (AvgIpc) is 3.17. The SMILES string of the molecule is C=Cc1ccc2c(c1)C(C#CCCCC)(OCc1ccccc1[N+](=O)[O-])c1ccc(C=C)cc1C2(C#CCCCC)OCc1ccccc1[N+](=O)[O-]. The van der Waals surface area contributed by atoms with Crippen molar-refractivity contribution in [2.24, 2.45) is 0 Å². The summed E-state index contributed by atoms with van der Waals surface area (Å²) in [6.45, 7) is 12.0. The summed E-state index contributed by atoms with van der Waals surface area (Å²) in [7, 11) is 0. The summed E-state index contributed by atoms with van der Waals surface area (Å²) in [5.74, 6) is 13.8. The third kappa shape index (κ3) is 7.60. The topological polar surface area (TPSA) is 105 Å². The number of nitrogens with zero attached hydrogens (tertiary/aromatic N) is 2. The highest BCUT2D eigenvalue weighted by molar-refractivity contribution is 5.69. The number of rotatable bonds is 14. The molecule has 0 amide bonds. The van der Waals surface area contributed by atoms with Crippen LogP contribution in [0, 0.1) is 43.9 Å². The van der Waals surface area contributed by atoms with E-state index in [1.165, 1.54) is 12.1 Å². The molecular weight excluding hydrogens is 652 g/mol. The third-order valence-electron chi connectivity index (χ3n) is 9.18. The van der Waals surface area contributed by atoms with Crippen molar-refractivity contribution in [1.82, 2.24) is 0 Å². The van der Waals surface area contributed by atoms with E-state index < -0.39 is 21.0 Å². The number of para-hydroxylation sites is 2. The molecule has 8 nitrogen and oxygen atoms in total. The van der Waals surface area contributed by atoms with Crippen molar-refractivity contribution in [3.8, 4) is 23.7 Å². The molecule has 2 atom stereocenters. The normalized spacial score (nSPS) is 17.0. The fraction of sp³-hybridized carbons (Fsp3) is 0.273. The molecule has 0 fully saturated rings. The van der Waals surface area contributed by atoms with Crippen molar-refractivity contribution in [2.75, 3.05) is 0 Å². The van der Waals surface area contributed by atoms with Gasteiger partial charge in [-0.15, -0.1) is 0 Å². The molecule has 0 saturated heterocycles. The molecule has 1 aliphatic carbocycles. The van der Waals surface area contributed by atoms with Gasteiger partial charge in [0.25, 0.3) is 11.4 Å². The van der Waals surface area contributed by atoms with Gasteiger partial charge in [-0.1, -0.05) is 124 Å². The zero-order valence-corrected chi connectivity index (χ0v) is 29.7. The largest absolute Gasteiger partial charge is 0.349 e. The van der Waals surface area contributed by atoms with E-state index in [1.807, 2.05) is 36.4 Å². The van der Waals surface area contributed by atoms with Crippen LogP contribution in [-0.4, -0.2) is 9.85 Å². The highest BCUT2D eigenvalue weighted by Crippen LogP contribution is 2.52. The third-order valence-corrected chi connectivity index (χ3v) is 9.18. The summed E-state index contributed by atoms with van der Waals surface area (Å²) >= 11 is 0. The van der Waals surface area contributed by atoms with Crippen LogP contribution >= 0.6 is 0 Å². The van der Waals surface area contributed by atoms with E-state index in [1.54, 1.807) is 48.6 Å². The Morgan fingerprint density at radius 2 is 1.04 bits per heavy atom. The first-order valence-corrected chi connectivity index (χ1v) is 17.5. The molecule has 4 aromatic carbocycles. The molecule has 0 heterocycles. The Bertz CT molecular complexity index is 1970. The molecule has 264 valence electrons. The lowest BCUT2D eigenvalue weighted by atomic mass is 9.66. The lowest BCUT2D eigenvalue weighted by molar-refractivity contribution is -0.386. The fourth-order valence-corrected chi connectivity index (χ4v) is 6.42. The Labute approximate surface area is 305 Å². The lowest BCUT2D eigenvalue weighted by Crippen LogP contribution is -2.45. The summed E-state index contributed by atoms with van der Waals surface area (Å²) < 4.78 is 13.9. The number of benzene rings is 4. The van der Waals surface area contributed by atoms with Gasteiger partial charge in [0, 0.05) is 47.2 Å². The maximum absolute atomic E-state index is 12.1. The number of ether oxygens (including phenoxy) is 2. The predicted octanol–water partition coefficient (Wildman–Crippen LogP) is 10.4. The van der Waals surface area contributed by atoms with Crippen molar-refractivity contribution in [3.63, 3.8) is 0 Å². The molecule has 0 bridgehead atoms. The van der Waals surface area contributed by atoms with Gasteiger partial charge in [0.2, 0.25) is 0 Å². The molecule has 0 N–H and O–H groups in total. The maximum atomic E-state index is 12.1. The molecule has 4 aromatic rings. The number of nitro groups is 2. The van der Waals surface area contributed by atoms with E-state index in [-0.39, 0.29) is 24.6 Å². The van der Waals surface area contributed by atoms with E-state index in [0.717, 1.165) is 36.8 Å². The first-order valence-electron chi connectivity index (χ1n) is 17.5. The minimum absolute atomic E-state index is 0.0568. The highest BCUT2D eigenvalue weighted by Gasteiger charge is 2.52. The smallest absolute Gasteiger partial charge is 0.274 e. The predicted molar refractivity (Wildman–Crippen MR) is 205 cm³/mol. The molecular formula is C44H42N2O6. The lowest BCUT2D eigenvalue weighted by Gasteiger charge is -2.45. The van der Waals surface area contributed by atoms with Crippen molar-refractivity contribution < 1.29 is 19.3 Å². The summed E-state index contributed by atoms with van der Waals surface area (Å²) in [6.07, 6.45) is 8.34. The van der Waals surface area contributed by atoms with Gasteiger partial charge < -0.3 is 9.47 Å². The van der Waals surface area contributed by atoms with Crippen LogP contribution in [0.5, 0.6) is 0 Å². The zero-order valence-electron chi connectivity index (χ0n) is 29.7. The van der Waals surface area contributed by atoms with Gasteiger partial charge >= 0.3 is 0 Å². The molecule has 5 rings (SSSR count). The minimum Gasteiger partial charge on any atom is -0.349 e. The summed E-state index contributed by atoms with van der Waals surface area (Å²) in [5, 5.41) is 24.1. The van der Waals surface area contributed by atoms with Gasteiger partial charge in [-0.2, -0.15) is 0 Å². The van der Waals surface area contributed by atoms with E-state index >= 15 is 0 Å². The number of unbranched alkanes of at least 4 members (excludes halogenated alkanes) is 4. The molecule has 52 heavy (non-hydrogen) atoms. The van der Waals surface area contributed by atoms with Crippen molar-refractivity contribution in [3.05, 3.63) is 163 Å². The second kappa shape index (κ2) is 16.9. The van der Waals surface area contributed by atoms with Gasteiger partial charge in [-0.05, 0) is 48.2 Å². The molecule has 0 aliphatic heterocycles. The molecule has 0 aromatic heterocycles. The number of nitro benzene ring substituents is 2. The second-order valence-electron chi connectivity index (χ2n) is 12.5. The van der Waals surface area contributed by atoms with Crippen molar-refractivity contribution in [2.45, 2.75) is 76.8 Å². The first-order chi connectivity index (χ1) is 25.2. The quantitative estimate of drug-likeness (QED) is 0.0563. The standard InChI is InChI=1S/C44H42N2O6/c1-5-9-11-17-27-43(51-31-35-19-13-15-21-41(35)45(47)48)37-25-23-34(8-4)30-40(37)44(28-18-12-10-6-2,38-26-24-33(7-3)29-39(38)43)52-32-36-20-14-16-22-42(36)46(49)50/h7-8,13-16,19-26,29-30H,3-6,9-12,31-32H2,1-2H3. The van der Waals surface area contributed by atoms with Gasteiger partial charge in [-0.3, -0.25) is 20.2 Å². The van der Waals surface area contributed by atoms with Gasteiger partial charge in [0.1, 0.15) is 0 Å². The number of hydrogen-bond donors (Lipinski definition) is 0. The second-order valence-corrected chi connectivity index (χ2v) is 12.5. The van der Waals surface area contributed by atoms with E-state index in [9.17, 15) is 20.2 Å². The Morgan fingerprint density at radius 3 is 1.40 bits per heavy atom. The Kier molecular flexibility index (Phi) is 12.2. The zero-order chi connectivity index (χ0) is 37.1. The van der Waals surface area contributed by atoms with Crippen LogP contribution in [-0.2, 0) is 33.9 Å².